The summed E-state index contributed by atoms with van der Waals surface area (Å²) in [5.74, 6) is 4.31. The number of halogens is 1. The molecule has 1 heterocycles. The number of rotatable bonds is 3. The number of hydrogen-bond acceptors (Lipinski definition) is 2. The van der Waals surface area contributed by atoms with Gasteiger partial charge in [-0.2, -0.15) is 11.8 Å². The van der Waals surface area contributed by atoms with E-state index < -0.39 is 0 Å². The first-order valence-corrected chi connectivity index (χ1v) is 7.59. The highest BCUT2D eigenvalue weighted by Crippen LogP contribution is 2.28. The Labute approximate surface area is 110 Å². The molecule has 1 aliphatic heterocycles. The van der Waals surface area contributed by atoms with Crippen molar-refractivity contribution >= 4 is 27.7 Å². The standard InChI is InChI=1S/C13H17BrOS/c1-9-5-12(6-10(2)13(9)14)15-7-11-3-4-16-8-11/h5-6,11H,3-4,7-8H2,1-2H3/t11-/m1/s1. The molecule has 2 rings (SSSR count). The van der Waals surface area contributed by atoms with Gasteiger partial charge in [0.25, 0.3) is 0 Å². The van der Waals surface area contributed by atoms with Gasteiger partial charge >= 0.3 is 0 Å². The minimum atomic E-state index is 0.745. The second-order valence-electron chi connectivity index (χ2n) is 4.41. The van der Waals surface area contributed by atoms with Crippen molar-refractivity contribution in [3.8, 4) is 5.75 Å². The minimum Gasteiger partial charge on any atom is -0.493 e. The highest BCUT2D eigenvalue weighted by atomic mass is 79.9. The van der Waals surface area contributed by atoms with E-state index in [4.69, 9.17) is 4.74 Å². The molecule has 0 amide bonds. The summed E-state index contributed by atoms with van der Waals surface area (Å²) in [7, 11) is 0. The molecule has 3 heteroatoms. The fourth-order valence-electron chi connectivity index (χ4n) is 1.92. The van der Waals surface area contributed by atoms with Crippen LogP contribution in [0.3, 0.4) is 0 Å². The van der Waals surface area contributed by atoms with Crippen LogP contribution in [0.25, 0.3) is 0 Å². The Morgan fingerprint density at radius 3 is 2.62 bits per heavy atom. The summed E-state index contributed by atoms with van der Waals surface area (Å²) < 4.78 is 7.06. The number of thioether (sulfide) groups is 1. The van der Waals surface area contributed by atoms with Crippen LogP contribution >= 0.6 is 27.7 Å². The lowest BCUT2D eigenvalue weighted by Crippen LogP contribution is -2.11. The van der Waals surface area contributed by atoms with Crippen LogP contribution in [0.15, 0.2) is 16.6 Å². The predicted molar refractivity (Wildman–Crippen MR) is 74.5 cm³/mol. The van der Waals surface area contributed by atoms with Crippen molar-refractivity contribution in [1.29, 1.82) is 0 Å². The number of hydrogen-bond donors (Lipinski definition) is 0. The van der Waals surface area contributed by atoms with Gasteiger partial charge in [0, 0.05) is 10.4 Å². The van der Waals surface area contributed by atoms with Gasteiger partial charge in [0.05, 0.1) is 6.61 Å². The Morgan fingerprint density at radius 1 is 1.38 bits per heavy atom. The zero-order chi connectivity index (χ0) is 11.5. The van der Waals surface area contributed by atoms with Crippen LogP contribution in [0.5, 0.6) is 5.75 Å². The summed E-state index contributed by atoms with van der Waals surface area (Å²) >= 11 is 5.61. The van der Waals surface area contributed by atoms with Gasteiger partial charge in [-0.1, -0.05) is 15.9 Å². The van der Waals surface area contributed by atoms with E-state index >= 15 is 0 Å². The van der Waals surface area contributed by atoms with Crippen LogP contribution in [-0.2, 0) is 0 Å². The second-order valence-corrected chi connectivity index (χ2v) is 6.35. The summed E-state index contributed by atoms with van der Waals surface area (Å²) in [6.07, 6.45) is 1.30. The van der Waals surface area contributed by atoms with Gasteiger partial charge < -0.3 is 4.74 Å². The zero-order valence-electron chi connectivity index (χ0n) is 9.75. The van der Waals surface area contributed by atoms with E-state index in [9.17, 15) is 0 Å². The molecule has 0 saturated carbocycles. The van der Waals surface area contributed by atoms with Gasteiger partial charge in [0.15, 0.2) is 0 Å². The van der Waals surface area contributed by atoms with Crippen molar-refractivity contribution in [3.05, 3.63) is 27.7 Å². The van der Waals surface area contributed by atoms with E-state index in [0.29, 0.717) is 0 Å². The van der Waals surface area contributed by atoms with Gasteiger partial charge in [-0.15, -0.1) is 0 Å². The summed E-state index contributed by atoms with van der Waals surface area (Å²) in [6, 6.07) is 4.22. The van der Waals surface area contributed by atoms with Gasteiger partial charge in [-0.3, -0.25) is 0 Å². The molecule has 1 atom stereocenters. The second kappa shape index (κ2) is 5.46. The third kappa shape index (κ3) is 2.95. The molecule has 1 aromatic carbocycles. The Balaban J connectivity index is 1.98. The van der Waals surface area contributed by atoms with Crippen LogP contribution in [0, 0.1) is 19.8 Å². The Kier molecular flexibility index (Phi) is 4.20. The molecule has 0 bridgehead atoms. The van der Waals surface area contributed by atoms with Crippen LogP contribution in [0.2, 0.25) is 0 Å². The Morgan fingerprint density at radius 2 is 2.06 bits per heavy atom. The topological polar surface area (TPSA) is 9.23 Å². The van der Waals surface area contributed by atoms with Gasteiger partial charge in [0.2, 0.25) is 0 Å². The lowest BCUT2D eigenvalue weighted by atomic mass is 10.1. The zero-order valence-corrected chi connectivity index (χ0v) is 12.2. The molecule has 0 radical (unpaired) electrons. The van der Waals surface area contributed by atoms with Gasteiger partial charge in [0.1, 0.15) is 5.75 Å². The fraction of sp³-hybridized carbons (Fsp3) is 0.538. The summed E-state index contributed by atoms with van der Waals surface area (Å²) in [6.45, 7) is 5.08. The lowest BCUT2D eigenvalue weighted by molar-refractivity contribution is 0.263. The molecule has 1 aromatic rings. The van der Waals surface area contributed by atoms with Crippen LogP contribution < -0.4 is 4.74 Å². The summed E-state index contributed by atoms with van der Waals surface area (Å²) in [4.78, 5) is 0. The molecule has 0 N–H and O–H groups in total. The molecule has 1 saturated heterocycles. The number of ether oxygens (including phenoxy) is 1. The van der Waals surface area contributed by atoms with Crippen molar-refractivity contribution in [1.82, 2.24) is 0 Å². The minimum absolute atomic E-state index is 0.745. The highest BCUT2D eigenvalue weighted by Gasteiger charge is 2.16. The van der Waals surface area contributed by atoms with Crippen LogP contribution in [-0.4, -0.2) is 18.1 Å². The van der Waals surface area contributed by atoms with Crippen molar-refractivity contribution in [2.24, 2.45) is 5.92 Å². The smallest absolute Gasteiger partial charge is 0.119 e. The maximum absolute atomic E-state index is 5.87. The third-order valence-corrected chi connectivity index (χ3v) is 5.40. The van der Waals surface area contributed by atoms with E-state index in [1.54, 1.807) is 0 Å². The van der Waals surface area contributed by atoms with Gasteiger partial charge in [-0.05, 0) is 55.0 Å². The van der Waals surface area contributed by atoms with Crippen molar-refractivity contribution < 1.29 is 4.74 Å². The average Bonchev–Trinajstić information content (AvgIpc) is 2.75. The van der Waals surface area contributed by atoms with E-state index in [1.807, 2.05) is 11.8 Å². The first-order chi connectivity index (χ1) is 7.66. The molecule has 1 aliphatic rings. The Hall–Kier alpha value is -0.150. The van der Waals surface area contributed by atoms with Gasteiger partial charge in [-0.25, -0.2) is 0 Å². The SMILES string of the molecule is Cc1cc(OC[C@H]2CCSC2)cc(C)c1Br. The molecule has 0 unspecified atom stereocenters. The molecule has 16 heavy (non-hydrogen) atoms. The van der Waals surface area contributed by atoms with Crippen LogP contribution in [0.4, 0.5) is 0 Å². The largest absolute Gasteiger partial charge is 0.493 e. The molecule has 1 fully saturated rings. The molecule has 1 nitrogen and oxygen atoms in total. The molecule has 0 aromatic heterocycles. The Bertz CT molecular complexity index is 349. The first-order valence-electron chi connectivity index (χ1n) is 5.64. The third-order valence-electron chi connectivity index (χ3n) is 2.92. The molecule has 0 spiro atoms. The predicted octanol–water partition coefficient (Wildman–Crippen LogP) is 4.20. The number of aryl methyl sites for hydroxylation is 2. The maximum atomic E-state index is 5.87. The van der Waals surface area contributed by atoms with E-state index in [-0.39, 0.29) is 0 Å². The van der Waals surface area contributed by atoms with E-state index in [0.717, 1.165) is 18.3 Å². The molecule has 88 valence electrons. The van der Waals surface area contributed by atoms with Crippen molar-refractivity contribution in [3.63, 3.8) is 0 Å². The van der Waals surface area contributed by atoms with Crippen LogP contribution in [0.1, 0.15) is 17.5 Å². The average molecular weight is 301 g/mol. The molecule has 0 aliphatic carbocycles. The quantitative estimate of drug-likeness (QED) is 0.827. The van der Waals surface area contributed by atoms with Crippen molar-refractivity contribution in [2.75, 3.05) is 18.1 Å². The molecular formula is C13H17BrOS. The lowest BCUT2D eigenvalue weighted by Gasteiger charge is -2.13. The first kappa shape index (κ1) is 12.3. The number of benzene rings is 1. The fourth-order valence-corrected chi connectivity index (χ4v) is 3.41. The monoisotopic (exact) mass is 300 g/mol. The highest BCUT2D eigenvalue weighted by molar-refractivity contribution is 9.10. The van der Waals surface area contributed by atoms with Crippen molar-refractivity contribution in [2.45, 2.75) is 20.3 Å². The normalized spacial score (nSPS) is 20.1. The van der Waals surface area contributed by atoms with E-state index in [1.165, 1.54) is 33.5 Å². The summed E-state index contributed by atoms with van der Waals surface area (Å²) in [5, 5.41) is 0. The maximum Gasteiger partial charge on any atom is 0.119 e. The molecular weight excluding hydrogens is 284 g/mol. The van der Waals surface area contributed by atoms with E-state index in [2.05, 4.69) is 41.9 Å². The summed E-state index contributed by atoms with van der Waals surface area (Å²) in [5.41, 5.74) is 2.49.